The van der Waals surface area contributed by atoms with Crippen LogP contribution in [0.2, 0.25) is 0 Å². The maximum absolute atomic E-state index is 12.0. The van der Waals surface area contributed by atoms with E-state index in [4.69, 9.17) is 23.2 Å². The van der Waals surface area contributed by atoms with Gasteiger partial charge in [0.05, 0.1) is 28.9 Å². The summed E-state index contributed by atoms with van der Waals surface area (Å²) in [6.07, 6.45) is -0.799. The van der Waals surface area contributed by atoms with Crippen LogP contribution in [0, 0.1) is 35.0 Å². The van der Waals surface area contributed by atoms with E-state index in [0.29, 0.717) is 12.0 Å². The molecule has 0 spiro atoms. The number of carbonyl (C=O) groups is 2. The van der Waals surface area contributed by atoms with Crippen molar-refractivity contribution in [2.24, 2.45) is 35.0 Å². The second-order valence-corrected chi connectivity index (χ2v) is 10.1. The zero-order valence-electron chi connectivity index (χ0n) is 16.0. The molecular formula is C20H29Cl2NO4. The molecule has 0 bridgehead atoms. The topological polar surface area (TPSA) is 86.6 Å². The fourth-order valence-electron chi connectivity index (χ4n) is 5.57. The van der Waals surface area contributed by atoms with Crippen molar-refractivity contribution in [3.63, 3.8) is 0 Å². The number of aliphatic hydroxyl groups is 2. The molecule has 8 unspecified atom stereocenters. The third-order valence-corrected chi connectivity index (χ3v) is 8.94. The monoisotopic (exact) mass is 417 g/mol. The summed E-state index contributed by atoms with van der Waals surface area (Å²) in [4.78, 5) is 23.4. The molecule has 3 fully saturated rings. The number of halogens is 2. The van der Waals surface area contributed by atoms with Gasteiger partial charge in [-0.1, -0.05) is 27.4 Å². The summed E-state index contributed by atoms with van der Waals surface area (Å²) in [5.74, 6) is -1.42. The number of alkyl halides is 2. The van der Waals surface area contributed by atoms with Gasteiger partial charge in [0, 0.05) is 6.42 Å². The van der Waals surface area contributed by atoms with Crippen molar-refractivity contribution >= 4 is 35.0 Å². The lowest BCUT2D eigenvalue weighted by Crippen LogP contribution is -2.58. The Balaban J connectivity index is 1.89. The summed E-state index contributed by atoms with van der Waals surface area (Å²) >= 11 is 13.4. The van der Waals surface area contributed by atoms with Gasteiger partial charge < -0.3 is 10.2 Å². The van der Waals surface area contributed by atoms with Gasteiger partial charge in [-0.05, 0) is 47.5 Å². The molecule has 0 aromatic carbocycles. The van der Waals surface area contributed by atoms with Crippen molar-refractivity contribution in [3.05, 3.63) is 12.2 Å². The number of aliphatic hydroxyl groups excluding tert-OH is 2. The van der Waals surface area contributed by atoms with E-state index >= 15 is 0 Å². The molecule has 3 N–H and O–H groups in total. The molecule has 27 heavy (non-hydrogen) atoms. The lowest BCUT2D eigenvalue weighted by molar-refractivity contribution is -0.127. The number of fused-ring (bicyclic) bond motifs is 1. The first-order valence-corrected chi connectivity index (χ1v) is 10.5. The maximum Gasteiger partial charge on any atom is 0.232 e. The van der Waals surface area contributed by atoms with Gasteiger partial charge in [0.2, 0.25) is 11.8 Å². The second-order valence-electron chi connectivity index (χ2n) is 9.17. The van der Waals surface area contributed by atoms with E-state index in [2.05, 4.69) is 32.7 Å². The van der Waals surface area contributed by atoms with Crippen molar-refractivity contribution in [1.82, 2.24) is 5.32 Å². The Kier molecular flexibility index (Phi) is 5.72. The van der Waals surface area contributed by atoms with Crippen LogP contribution in [0.3, 0.4) is 0 Å². The van der Waals surface area contributed by atoms with Gasteiger partial charge in [-0.3, -0.25) is 14.9 Å². The first-order valence-electron chi connectivity index (χ1n) is 9.63. The molecule has 0 aromatic heterocycles. The summed E-state index contributed by atoms with van der Waals surface area (Å²) in [6.45, 7) is 10.3. The Hall–Kier alpha value is -0.620. The van der Waals surface area contributed by atoms with E-state index in [1.54, 1.807) is 0 Å². The Morgan fingerprint density at radius 1 is 1.33 bits per heavy atom. The van der Waals surface area contributed by atoms with Crippen molar-refractivity contribution in [2.75, 3.05) is 0 Å². The summed E-state index contributed by atoms with van der Waals surface area (Å²) in [6, 6.07) is 0. The average Bonchev–Trinajstić information content (AvgIpc) is 2.93. The van der Waals surface area contributed by atoms with Crippen LogP contribution in [0.5, 0.6) is 0 Å². The smallest absolute Gasteiger partial charge is 0.232 e. The summed E-state index contributed by atoms with van der Waals surface area (Å²) in [7, 11) is 0. The number of hydrogen-bond donors (Lipinski definition) is 3. The fraction of sp³-hybridized carbons (Fsp3) is 0.800. The molecule has 1 aliphatic heterocycles. The summed E-state index contributed by atoms with van der Waals surface area (Å²) < 4.78 is 0. The second kappa shape index (κ2) is 7.33. The van der Waals surface area contributed by atoms with Crippen LogP contribution in [0.4, 0.5) is 0 Å². The molecular weight excluding hydrogens is 389 g/mol. The van der Waals surface area contributed by atoms with E-state index in [1.807, 2.05) is 0 Å². The van der Waals surface area contributed by atoms with Gasteiger partial charge in [0.25, 0.3) is 0 Å². The first kappa shape index (κ1) is 21.1. The van der Waals surface area contributed by atoms with Crippen LogP contribution >= 0.6 is 23.2 Å². The Morgan fingerprint density at radius 3 is 2.52 bits per heavy atom. The minimum absolute atomic E-state index is 0.00121. The number of amides is 2. The zero-order chi connectivity index (χ0) is 20.3. The van der Waals surface area contributed by atoms with Crippen LogP contribution < -0.4 is 5.32 Å². The van der Waals surface area contributed by atoms with Gasteiger partial charge in [0.1, 0.15) is 0 Å². The molecule has 2 aliphatic carbocycles. The van der Waals surface area contributed by atoms with Gasteiger partial charge in [0.15, 0.2) is 0 Å². The molecule has 0 radical (unpaired) electrons. The molecule has 1 heterocycles. The highest BCUT2D eigenvalue weighted by atomic mass is 35.5. The quantitative estimate of drug-likeness (QED) is 0.373. The van der Waals surface area contributed by atoms with E-state index in [-0.39, 0.29) is 58.6 Å². The molecule has 9 atom stereocenters. The van der Waals surface area contributed by atoms with Gasteiger partial charge in [-0.25, -0.2) is 0 Å². The molecule has 152 valence electrons. The highest BCUT2D eigenvalue weighted by Crippen LogP contribution is 2.59. The lowest BCUT2D eigenvalue weighted by Gasteiger charge is -2.58. The number of carbonyl (C=O) groups excluding carboxylic acids is 2. The molecule has 2 amide bonds. The van der Waals surface area contributed by atoms with Crippen LogP contribution in [0.1, 0.15) is 40.0 Å². The molecule has 3 rings (SSSR count). The number of nitrogens with one attached hydrogen (secondary N) is 1. The first-order chi connectivity index (χ1) is 12.5. The normalized spacial score (nSPS) is 45.4. The maximum atomic E-state index is 12.0. The van der Waals surface area contributed by atoms with E-state index in [9.17, 15) is 19.8 Å². The predicted octanol–water partition coefficient (Wildman–Crippen LogP) is 2.46. The zero-order valence-corrected chi connectivity index (χ0v) is 17.5. The van der Waals surface area contributed by atoms with Crippen molar-refractivity contribution in [3.8, 4) is 0 Å². The van der Waals surface area contributed by atoms with Crippen LogP contribution in [-0.2, 0) is 9.59 Å². The van der Waals surface area contributed by atoms with Crippen molar-refractivity contribution in [2.45, 2.75) is 63.0 Å². The highest BCUT2D eigenvalue weighted by Gasteiger charge is 2.57. The molecule has 0 aromatic rings. The number of imide groups is 1. The van der Waals surface area contributed by atoms with Gasteiger partial charge >= 0.3 is 0 Å². The van der Waals surface area contributed by atoms with Crippen molar-refractivity contribution in [1.29, 1.82) is 0 Å². The van der Waals surface area contributed by atoms with E-state index in [0.717, 1.165) is 0 Å². The van der Waals surface area contributed by atoms with E-state index in [1.165, 1.54) is 0 Å². The predicted molar refractivity (Wildman–Crippen MR) is 104 cm³/mol. The highest BCUT2D eigenvalue weighted by molar-refractivity contribution is 6.30. The standard InChI is InChI=1S/C20H29Cl2NO4/c1-8-10(5-14(25)11-6-15(26)23-19(11)27)16-9(2)17(21)18(22)20(3,4)12(16)7-13(8)24/h9-14,16-18,24-25H,1,5-7H2,2-4H3,(H,23,26,27)/t9-,10?,11?,12?,13?,14?,16?,17?,18?/m1/s1. The summed E-state index contributed by atoms with van der Waals surface area (Å²) in [5, 5.41) is 23.2. The molecule has 2 saturated carbocycles. The van der Waals surface area contributed by atoms with Crippen molar-refractivity contribution < 1.29 is 19.8 Å². The van der Waals surface area contributed by atoms with Crippen LogP contribution in [-0.4, -0.2) is 45.0 Å². The molecule has 1 saturated heterocycles. The van der Waals surface area contributed by atoms with Gasteiger partial charge in [-0.2, -0.15) is 0 Å². The largest absolute Gasteiger partial charge is 0.392 e. The van der Waals surface area contributed by atoms with Crippen LogP contribution in [0.25, 0.3) is 0 Å². The third kappa shape index (κ3) is 3.45. The Labute approximate surface area is 170 Å². The van der Waals surface area contributed by atoms with Crippen LogP contribution in [0.15, 0.2) is 12.2 Å². The minimum atomic E-state index is -0.970. The SMILES string of the molecule is C=C1C(O)CC2C(C1CC(O)C1CC(=O)NC1=O)[C@@H](C)C(Cl)C(Cl)C2(C)C. The van der Waals surface area contributed by atoms with E-state index < -0.39 is 24.0 Å². The molecule has 7 heteroatoms. The average molecular weight is 418 g/mol. The Bertz CT molecular complexity index is 652. The minimum Gasteiger partial charge on any atom is -0.392 e. The summed E-state index contributed by atoms with van der Waals surface area (Å²) in [5.41, 5.74) is 0.399. The number of rotatable bonds is 3. The number of hydrogen-bond acceptors (Lipinski definition) is 4. The third-order valence-electron chi connectivity index (χ3n) is 7.33. The molecule has 3 aliphatic rings. The lowest BCUT2D eigenvalue weighted by atomic mass is 9.50. The fourth-order valence-corrected chi connectivity index (χ4v) is 6.45. The van der Waals surface area contributed by atoms with Gasteiger partial charge in [-0.15, -0.1) is 23.2 Å². The Morgan fingerprint density at radius 2 is 1.96 bits per heavy atom. The molecule has 5 nitrogen and oxygen atoms in total.